The first-order valence-corrected chi connectivity index (χ1v) is 6.65. The zero-order chi connectivity index (χ0) is 12.5. The van der Waals surface area contributed by atoms with Gasteiger partial charge in [-0.05, 0) is 55.4 Å². The molecular formula is C15H19ClO. The summed E-state index contributed by atoms with van der Waals surface area (Å²) >= 11 is 5.83. The lowest BCUT2D eigenvalue weighted by atomic mass is 9.71. The zero-order valence-electron chi connectivity index (χ0n) is 10.5. The molecule has 92 valence electrons. The molecule has 1 aromatic carbocycles. The van der Waals surface area contributed by atoms with E-state index < -0.39 is 0 Å². The fourth-order valence-electron chi connectivity index (χ4n) is 2.51. The summed E-state index contributed by atoms with van der Waals surface area (Å²) in [5, 5.41) is 0.686. The second-order valence-electron chi connectivity index (χ2n) is 5.81. The predicted molar refractivity (Wildman–Crippen MR) is 71.5 cm³/mol. The molecule has 1 aliphatic rings. The minimum atomic E-state index is 0.212. The van der Waals surface area contributed by atoms with Crippen molar-refractivity contribution in [1.82, 2.24) is 0 Å². The Hall–Kier alpha value is -0.820. The predicted octanol–water partition coefficient (Wildman–Crippen LogP) is 4.74. The van der Waals surface area contributed by atoms with Crippen LogP contribution in [0, 0.1) is 11.3 Å². The van der Waals surface area contributed by atoms with E-state index in [1.807, 2.05) is 12.1 Å². The number of benzene rings is 1. The van der Waals surface area contributed by atoms with Gasteiger partial charge in [-0.3, -0.25) is 4.79 Å². The number of ketones is 1. The van der Waals surface area contributed by atoms with E-state index in [0.717, 1.165) is 31.2 Å². The molecule has 2 rings (SSSR count). The van der Waals surface area contributed by atoms with Gasteiger partial charge in [0.2, 0.25) is 0 Å². The normalized spacial score (nSPS) is 20.2. The third-order valence-corrected chi connectivity index (χ3v) is 4.09. The van der Waals surface area contributed by atoms with Crippen LogP contribution in [0.15, 0.2) is 24.3 Å². The van der Waals surface area contributed by atoms with E-state index in [9.17, 15) is 4.79 Å². The minimum absolute atomic E-state index is 0.212. The zero-order valence-corrected chi connectivity index (χ0v) is 11.3. The third-order valence-electron chi connectivity index (χ3n) is 3.84. The lowest BCUT2D eigenvalue weighted by Crippen LogP contribution is -2.26. The van der Waals surface area contributed by atoms with Crippen molar-refractivity contribution in [3.8, 4) is 0 Å². The molecule has 0 amide bonds. The van der Waals surface area contributed by atoms with Gasteiger partial charge in [0.25, 0.3) is 0 Å². The molecule has 0 aliphatic heterocycles. The van der Waals surface area contributed by atoms with E-state index in [1.54, 1.807) is 12.1 Å². The van der Waals surface area contributed by atoms with Crippen LogP contribution in [0.2, 0.25) is 5.02 Å². The monoisotopic (exact) mass is 250 g/mol. The van der Waals surface area contributed by atoms with Crippen LogP contribution in [0.4, 0.5) is 0 Å². The number of hydrogen-bond donors (Lipinski definition) is 0. The van der Waals surface area contributed by atoms with Crippen molar-refractivity contribution in [1.29, 1.82) is 0 Å². The number of carbonyl (C=O) groups is 1. The van der Waals surface area contributed by atoms with Crippen molar-refractivity contribution in [3.05, 3.63) is 34.9 Å². The summed E-state index contributed by atoms with van der Waals surface area (Å²) in [6.45, 7) is 4.58. The first-order valence-electron chi connectivity index (χ1n) is 6.28. The Bertz CT molecular complexity index is 395. The summed E-state index contributed by atoms with van der Waals surface area (Å²) in [5.74, 6) is 0.501. The molecule has 0 saturated heterocycles. The molecule has 1 fully saturated rings. The van der Waals surface area contributed by atoms with Gasteiger partial charge in [-0.25, -0.2) is 0 Å². The molecule has 1 aromatic rings. The Morgan fingerprint density at radius 3 is 2.24 bits per heavy atom. The number of rotatable bonds is 2. The molecule has 0 atom stereocenters. The first-order chi connectivity index (χ1) is 7.98. The van der Waals surface area contributed by atoms with Gasteiger partial charge in [-0.2, -0.15) is 0 Å². The van der Waals surface area contributed by atoms with E-state index in [-0.39, 0.29) is 11.7 Å². The molecule has 0 unspecified atom stereocenters. The molecule has 1 saturated carbocycles. The smallest absolute Gasteiger partial charge is 0.165 e. The maximum Gasteiger partial charge on any atom is 0.165 e. The Labute approximate surface area is 108 Å². The highest BCUT2D eigenvalue weighted by Crippen LogP contribution is 2.39. The van der Waals surface area contributed by atoms with E-state index in [4.69, 9.17) is 11.6 Å². The molecule has 2 heteroatoms. The summed E-state index contributed by atoms with van der Waals surface area (Å²) in [7, 11) is 0. The molecule has 1 nitrogen and oxygen atoms in total. The molecule has 0 N–H and O–H groups in total. The van der Waals surface area contributed by atoms with Crippen LogP contribution in [0.25, 0.3) is 0 Å². The SMILES string of the molecule is CC1(C)CCC(C(=O)c2ccc(Cl)cc2)CC1. The number of Topliss-reactive ketones (excluding diaryl/α,β-unsaturated/α-hetero) is 1. The second kappa shape index (κ2) is 4.81. The van der Waals surface area contributed by atoms with Crippen molar-refractivity contribution < 1.29 is 4.79 Å². The molecule has 0 spiro atoms. The maximum atomic E-state index is 12.3. The van der Waals surface area contributed by atoms with Gasteiger partial charge < -0.3 is 0 Å². The van der Waals surface area contributed by atoms with Gasteiger partial charge in [-0.15, -0.1) is 0 Å². The fraction of sp³-hybridized carbons (Fsp3) is 0.533. The van der Waals surface area contributed by atoms with Crippen molar-refractivity contribution in [2.24, 2.45) is 11.3 Å². The highest BCUT2D eigenvalue weighted by Gasteiger charge is 2.30. The van der Waals surface area contributed by atoms with E-state index in [2.05, 4.69) is 13.8 Å². The van der Waals surface area contributed by atoms with E-state index in [1.165, 1.54) is 0 Å². The number of halogens is 1. The molecule has 0 bridgehead atoms. The standard InChI is InChI=1S/C15H19ClO/c1-15(2)9-7-12(8-10-15)14(17)11-3-5-13(16)6-4-11/h3-6,12H,7-10H2,1-2H3. The summed E-state index contributed by atoms with van der Waals surface area (Å²) in [6.07, 6.45) is 4.34. The molecular weight excluding hydrogens is 232 g/mol. The van der Waals surface area contributed by atoms with Crippen molar-refractivity contribution in [2.75, 3.05) is 0 Å². The van der Waals surface area contributed by atoms with Crippen LogP contribution in [-0.4, -0.2) is 5.78 Å². The fourth-order valence-corrected chi connectivity index (χ4v) is 2.64. The average Bonchev–Trinajstić information content (AvgIpc) is 2.29. The highest BCUT2D eigenvalue weighted by atomic mass is 35.5. The summed E-state index contributed by atoms with van der Waals surface area (Å²) < 4.78 is 0. The summed E-state index contributed by atoms with van der Waals surface area (Å²) in [4.78, 5) is 12.3. The third kappa shape index (κ3) is 3.10. The van der Waals surface area contributed by atoms with Gasteiger partial charge in [0.05, 0.1) is 0 Å². The summed E-state index contributed by atoms with van der Waals surface area (Å²) in [6, 6.07) is 7.26. The van der Waals surface area contributed by atoms with Crippen molar-refractivity contribution >= 4 is 17.4 Å². The number of hydrogen-bond acceptors (Lipinski definition) is 1. The largest absolute Gasteiger partial charge is 0.294 e. The van der Waals surface area contributed by atoms with Crippen molar-refractivity contribution in [2.45, 2.75) is 39.5 Å². The Morgan fingerprint density at radius 2 is 1.71 bits per heavy atom. The van der Waals surface area contributed by atoms with Gasteiger partial charge in [-0.1, -0.05) is 25.4 Å². The Balaban J connectivity index is 2.04. The maximum absolute atomic E-state index is 12.3. The van der Waals surface area contributed by atoms with E-state index in [0.29, 0.717) is 10.4 Å². The second-order valence-corrected chi connectivity index (χ2v) is 6.25. The van der Waals surface area contributed by atoms with E-state index >= 15 is 0 Å². The topological polar surface area (TPSA) is 17.1 Å². The number of carbonyl (C=O) groups excluding carboxylic acids is 1. The molecule has 0 heterocycles. The first kappa shape index (κ1) is 12.6. The van der Waals surface area contributed by atoms with Crippen LogP contribution >= 0.6 is 11.6 Å². The molecule has 17 heavy (non-hydrogen) atoms. The average molecular weight is 251 g/mol. The lowest BCUT2D eigenvalue weighted by molar-refractivity contribution is 0.0838. The highest BCUT2D eigenvalue weighted by molar-refractivity contribution is 6.30. The summed E-state index contributed by atoms with van der Waals surface area (Å²) in [5.41, 5.74) is 1.22. The molecule has 1 aliphatic carbocycles. The molecule has 0 radical (unpaired) electrons. The Morgan fingerprint density at radius 1 is 1.18 bits per heavy atom. The van der Waals surface area contributed by atoms with Gasteiger partial charge in [0, 0.05) is 16.5 Å². The van der Waals surface area contributed by atoms with Crippen LogP contribution in [0.3, 0.4) is 0 Å². The Kier molecular flexibility index (Phi) is 3.58. The lowest BCUT2D eigenvalue weighted by Gasteiger charge is -2.33. The van der Waals surface area contributed by atoms with Gasteiger partial charge in [0.1, 0.15) is 0 Å². The quantitative estimate of drug-likeness (QED) is 0.693. The molecule has 0 aromatic heterocycles. The van der Waals surface area contributed by atoms with Gasteiger partial charge in [0.15, 0.2) is 5.78 Å². The minimum Gasteiger partial charge on any atom is -0.294 e. The van der Waals surface area contributed by atoms with Crippen LogP contribution in [0.5, 0.6) is 0 Å². The van der Waals surface area contributed by atoms with Crippen LogP contribution in [0.1, 0.15) is 49.9 Å². The van der Waals surface area contributed by atoms with Crippen molar-refractivity contribution in [3.63, 3.8) is 0 Å². The van der Waals surface area contributed by atoms with Crippen LogP contribution in [-0.2, 0) is 0 Å². The van der Waals surface area contributed by atoms with Gasteiger partial charge >= 0.3 is 0 Å². The van der Waals surface area contributed by atoms with Crippen LogP contribution < -0.4 is 0 Å².